The van der Waals surface area contributed by atoms with Crippen LogP contribution in [0.4, 0.5) is 17.6 Å². The number of carboxylic acids is 1. The summed E-state index contributed by atoms with van der Waals surface area (Å²) in [5.74, 6) is -4.71. The molecule has 0 radical (unpaired) electrons. The summed E-state index contributed by atoms with van der Waals surface area (Å²) in [4.78, 5) is 10.4. The molecule has 0 aliphatic carbocycles. The average molecular weight is 237 g/mol. The zero-order chi connectivity index (χ0) is 12.5. The largest absolute Gasteiger partial charge is 0.480 e. The van der Waals surface area contributed by atoms with E-state index < -0.39 is 41.2 Å². The SMILES string of the molecule is NC(C(=O)O)c1cc(C(F)F)cc(F)c1F. The standard InChI is InChI=1S/C9H7F4NO2/c10-5-2-3(8(12)13)1-4(6(5)11)7(14)9(15)16/h1-2,7-8H,14H2,(H,15,16). The fourth-order valence-electron chi connectivity index (χ4n) is 1.12. The van der Waals surface area contributed by atoms with Gasteiger partial charge in [0.25, 0.3) is 6.43 Å². The Hall–Kier alpha value is -1.63. The molecule has 0 heterocycles. The van der Waals surface area contributed by atoms with E-state index in [1.165, 1.54) is 0 Å². The van der Waals surface area contributed by atoms with Crippen LogP contribution in [0.3, 0.4) is 0 Å². The van der Waals surface area contributed by atoms with Crippen LogP contribution in [0, 0.1) is 11.6 Å². The van der Waals surface area contributed by atoms with Crippen LogP contribution in [-0.4, -0.2) is 11.1 Å². The lowest BCUT2D eigenvalue weighted by Crippen LogP contribution is -2.22. The van der Waals surface area contributed by atoms with Gasteiger partial charge in [-0.15, -0.1) is 0 Å². The molecule has 3 N–H and O–H groups in total. The minimum absolute atomic E-state index is 0.304. The number of hydrogen-bond acceptors (Lipinski definition) is 2. The Morgan fingerprint density at radius 2 is 1.88 bits per heavy atom. The predicted molar refractivity (Wildman–Crippen MR) is 45.9 cm³/mol. The van der Waals surface area contributed by atoms with Gasteiger partial charge in [-0.05, 0) is 12.1 Å². The highest BCUT2D eigenvalue weighted by Gasteiger charge is 2.23. The molecule has 0 amide bonds. The quantitative estimate of drug-likeness (QED) is 0.790. The van der Waals surface area contributed by atoms with Crippen molar-refractivity contribution < 1.29 is 27.5 Å². The van der Waals surface area contributed by atoms with Crippen LogP contribution in [-0.2, 0) is 4.79 Å². The van der Waals surface area contributed by atoms with Gasteiger partial charge < -0.3 is 10.8 Å². The van der Waals surface area contributed by atoms with Crippen LogP contribution >= 0.6 is 0 Å². The van der Waals surface area contributed by atoms with Crippen molar-refractivity contribution in [3.05, 3.63) is 34.9 Å². The van der Waals surface area contributed by atoms with Gasteiger partial charge in [0.1, 0.15) is 6.04 Å². The Morgan fingerprint density at radius 1 is 1.31 bits per heavy atom. The smallest absolute Gasteiger partial charge is 0.325 e. The number of alkyl halides is 2. The summed E-state index contributed by atoms with van der Waals surface area (Å²) < 4.78 is 50.5. The number of rotatable bonds is 3. The number of nitrogens with two attached hydrogens (primary N) is 1. The van der Waals surface area contributed by atoms with E-state index in [0.29, 0.717) is 12.1 Å². The summed E-state index contributed by atoms with van der Waals surface area (Å²) in [7, 11) is 0. The van der Waals surface area contributed by atoms with Crippen LogP contribution in [0.15, 0.2) is 12.1 Å². The average Bonchev–Trinajstić information content (AvgIpc) is 2.20. The van der Waals surface area contributed by atoms with E-state index in [2.05, 4.69) is 0 Å². The topological polar surface area (TPSA) is 63.3 Å². The van der Waals surface area contributed by atoms with Crippen LogP contribution in [0.5, 0.6) is 0 Å². The van der Waals surface area contributed by atoms with E-state index in [1.54, 1.807) is 0 Å². The van der Waals surface area contributed by atoms with E-state index >= 15 is 0 Å². The van der Waals surface area contributed by atoms with Crippen LogP contribution < -0.4 is 5.73 Å². The molecule has 0 spiro atoms. The monoisotopic (exact) mass is 237 g/mol. The van der Waals surface area contributed by atoms with Gasteiger partial charge in [-0.3, -0.25) is 4.79 Å². The van der Waals surface area contributed by atoms with Crippen molar-refractivity contribution in [1.29, 1.82) is 0 Å². The van der Waals surface area contributed by atoms with Gasteiger partial charge >= 0.3 is 5.97 Å². The molecular formula is C9H7F4NO2. The van der Waals surface area contributed by atoms with Gasteiger partial charge in [-0.1, -0.05) is 0 Å². The summed E-state index contributed by atoms with van der Waals surface area (Å²) >= 11 is 0. The third-order valence-corrected chi connectivity index (χ3v) is 1.93. The fraction of sp³-hybridized carbons (Fsp3) is 0.222. The Balaban J connectivity index is 3.32. The first kappa shape index (κ1) is 12.4. The lowest BCUT2D eigenvalue weighted by molar-refractivity contribution is -0.138. The number of halogens is 4. The predicted octanol–water partition coefficient (Wildman–Crippen LogP) is 1.99. The first-order chi connectivity index (χ1) is 7.34. The second kappa shape index (κ2) is 4.48. The van der Waals surface area contributed by atoms with Crippen LogP contribution in [0.1, 0.15) is 23.6 Å². The fourth-order valence-corrected chi connectivity index (χ4v) is 1.12. The maximum absolute atomic E-state index is 13.1. The Kier molecular flexibility index (Phi) is 3.48. The number of carboxylic acid groups (broad SMARTS) is 1. The molecule has 1 aromatic carbocycles. The Labute approximate surface area is 87.5 Å². The molecule has 1 atom stereocenters. The van der Waals surface area contributed by atoms with Crippen molar-refractivity contribution in [2.45, 2.75) is 12.5 Å². The number of hydrogen-bond donors (Lipinski definition) is 2. The molecule has 0 saturated carbocycles. The highest BCUT2D eigenvalue weighted by molar-refractivity contribution is 5.75. The molecule has 1 aromatic rings. The Morgan fingerprint density at radius 3 is 2.31 bits per heavy atom. The van der Waals surface area contributed by atoms with Crippen molar-refractivity contribution in [3.63, 3.8) is 0 Å². The molecule has 1 unspecified atom stereocenters. The lowest BCUT2D eigenvalue weighted by Gasteiger charge is -2.10. The first-order valence-electron chi connectivity index (χ1n) is 4.10. The highest BCUT2D eigenvalue weighted by Crippen LogP contribution is 2.26. The summed E-state index contributed by atoms with van der Waals surface area (Å²) in [5.41, 5.74) is 3.41. The second-order valence-electron chi connectivity index (χ2n) is 3.02. The molecule has 0 fully saturated rings. The molecule has 1 rings (SSSR count). The lowest BCUT2D eigenvalue weighted by atomic mass is 10.0. The van der Waals surface area contributed by atoms with Crippen LogP contribution in [0.25, 0.3) is 0 Å². The normalized spacial score (nSPS) is 12.9. The first-order valence-corrected chi connectivity index (χ1v) is 4.10. The third-order valence-electron chi connectivity index (χ3n) is 1.93. The van der Waals surface area contributed by atoms with E-state index in [-0.39, 0.29) is 0 Å². The van der Waals surface area contributed by atoms with Gasteiger partial charge in [0, 0.05) is 11.1 Å². The number of aliphatic carboxylic acids is 1. The second-order valence-corrected chi connectivity index (χ2v) is 3.02. The highest BCUT2D eigenvalue weighted by atomic mass is 19.3. The summed E-state index contributed by atoms with van der Waals surface area (Å²) in [6, 6.07) is -1.03. The zero-order valence-corrected chi connectivity index (χ0v) is 7.75. The maximum atomic E-state index is 13.1. The zero-order valence-electron chi connectivity index (χ0n) is 7.75. The van der Waals surface area contributed by atoms with Crippen molar-refractivity contribution in [2.24, 2.45) is 5.73 Å². The Bertz CT molecular complexity index is 422. The number of carbonyl (C=O) groups is 1. The van der Waals surface area contributed by atoms with Gasteiger partial charge in [0.05, 0.1) is 0 Å². The van der Waals surface area contributed by atoms with Crippen molar-refractivity contribution >= 4 is 5.97 Å². The van der Waals surface area contributed by atoms with Gasteiger partial charge in [0.15, 0.2) is 11.6 Å². The van der Waals surface area contributed by atoms with E-state index in [4.69, 9.17) is 10.8 Å². The molecular weight excluding hydrogens is 230 g/mol. The minimum Gasteiger partial charge on any atom is -0.480 e. The van der Waals surface area contributed by atoms with Crippen molar-refractivity contribution in [3.8, 4) is 0 Å². The maximum Gasteiger partial charge on any atom is 0.325 e. The molecule has 3 nitrogen and oxygen atoms in total. The molecule has 0 aliphatic rings. The number of benzene rings is 1. The molecule has 0 aromatic heterocycles. The van der Waals surface area contributed by atoms with Crippen molar-refractivity contribution in [2.75, 3.05) is 0 Å². The van der Waals surface area contributed by atoms with Gasteiger partial charge in [0.2, 0.25) is 0 Å². The molecule has 0 bridgehead atoms. The summed E-state index contributed by atoms with van der Waals surface area (Å²) in [5, 5.41) is 8.48. The third kappa shape index (κ3) is 2.30. The van der Waals surface area contributed by atoms with Crippen LogP contribution in [0.2, 0.25) is 0 Å². The minimum atomic E-state index is -3.03. The summed E-state index contributed by atoms with van der Waals surface area (Å²) in [6.45, 7) is 0. The molecule has 88 valence electrons. The van der Waals surface area contributed by atoms with Crippen molar-refractivity contribution in [1.82, 2.24) is 0 Å². The van der Waals surface area contributed by atoms with Gasteiger partial charge in [-0.25, -0.2) is 17.6 Å². The molecule has 7 heteroatoms. The van der Waals surface area contributed by atoms with E-state index in [9.17, 15) is 22.4 Å². The molecule has 0 aliphatic heterocycles. The molecule has 16 heavy (non-hydrogen) atoms. The van der Waals surface area contributed by atoms with E-state index in [1.807, 2.05) is 0 Å². The molecule has 0 saturated heterocycles. The van der Waals surface area contributed by atoms with E-state index in [0.717, 1.165) is 0 Å². The summed E-state index contributed by atoms with van der Waals surface area (Å²) in [6.07, 6.45) is -3.03. The van der Waals surface area contributed by atoms with Gasteiger partial charge in [-0.2, -0.15) is 0 Å².